The number of aromatic hydroxyl groups is 1. The molecule has 1 amide bonds. The van der Waals surface area contributed by atoms with Crippen LogP contribution in [-0.4, -0.2) is 38.3 Å². The van der Waals surface area contributed by atoms with E-state index in [0.29, 0.717) is 0 Å². The highest BCUT2D eigenvalue weighted by Gasteiger charge is 2.20. The van der Waals surface area contributed by atoms with Crippen LogP contribution in [0, 0.1) is 10.1 Å². The summed E-state index contributed by atoms with van der Waals surface area (Å²) in [7, 11) is 1.48. The number of benzene rings is 1. The number of hydrogen-bond acceptors (Lipinski definition) is 7. The second-order valence-electron chi connectivity index (χ2n) is 4.67. The van der Waals surface area contributed by atoms with Crippen molar-refractivity contribution in [2.45, 2.75) is 6.92 Å². The van der Waals surface area contributed by atoms with Gasteiger partial charge >= 0.3 is 5.97 Å². The number of nitro groups is 1. The molecular weight excluding hydrogens is 320 g/mol. The molecule has 0 aliphatic carbocycles. The first kappa shape index (κ1) is 16.9. The van der Waals surface area contributed by atoms with Crippen LogP contribution in [0.25, 0.3) is 0 Å². The number of nitro benzene ring substituents is 1. The number of hydrogen-bond donors (Lipinski definition) is 2. The number of nitrogens with zero attached hydrogens (tertiary/aromatic N) is 3. The molecule has 0 atom stereocenters. The first-order valence-electron chi connectivity index (χ1n) is 6.83. The summed E-state index contributed by atoms with van der Waals surface area (Å²) in [6.07, 6.45) is 0. The molecule has 24 heavy (non-hydrogen) atoms. The molecule has 126 valence electrons. The first-order chi connectivity index (χ1) is 11.3. The molecule has 10 nitrogen and oxygen atoms in total. The summed E-state index contributed by atoms with van der Waals surface area (Å²) in [5, 5.41) is 26.6. The van der Waals surface area contributed by atoms with Crippen LogP contribution < -0.4 is 5.32 Å². The Balaban J connectivity index is 2.20. The molecule has 0 unspecified atom stereocenters. The van der Waals surface area contributed by atoms with Gasteiger partial charge in [-0.25, -0.2) is 4.79 Å². The summed E-state index contributed by atoms with van der Waals surface area (Å²) in [5.41, 5.74) is -0.310. The van der Waals surface area contributed by atoms with Crippen molar-refractivity contribution in [1.82, 2.24) is 9.78 Å². The quantitative estimate of drug-likeness (QED) is 0.365. The van der Waals surface area contributed by atoms with Crippen molar-refractivity contribution >= 4 is 23.3 Å². The molecule has 1 heterocycles. The van der Waals surface area contributed by atoms with E-state index in [0.717, 1.165) is 12.1 Å². The van der Waals surface area contributed by atoms with Gasteiger partial charge in [0, 0.05) is 19.2 Å². The van der Waals surface area contributed by atoms with Gasteiger partial charge in [0.15, 0.2) is 5.69 Å². The lowest BCUT2D eigenvalue weighted by molar-refractivity contribution is -0.384. The van der Waals surface area contributed by atoms with Crippen LogP contribution in [0.1, 0.15) is 27.9 Å². The van der Waals surface area contributed by atoms with E-state index >= 15 is 0 Å². The summed E-state index contributed by atoms with van der Waals surface area (Å²) < 4.78 is 6.04. The number of esters is 1. The van der Waals surface area contributed by atoms with Crippen LogP contribution in [0.3, 0.4) is 0 Å². The van der Waals surface area contributed by atoms with Crippen molar-refractivity contribution in [1.29, 1.82) is 0 Å². The summed E-state index contributed by atoms with van der Waals surface area (Å²) in [6, 6.07) is 4.49. The minimum absolute atomic E-state index is 0.0195. The minimum Gasteiger partial charge on any atom is -0.506 e. The molecule has 0 aliphatic heterocycles. The molecule has 10 heteroatoms. The van der Waals surface area contributed by atoms with Crippen molar-refractivity contribution in [3.05, 3.63) is 45.8 Å². The van der Waals surface area contributed by atoms with E-state index in [9.17, 15) is 24.8 Å². The fraction of sp³-hybridized carbons (Fsp3) is 0.214. The van der Waals surface area contributed by atoms with Gasteiger partial charge in [0.05, 0.1) is 23.3 Å². The average Bonchev–Trinajstić information content (AvgIpc) is 2.91. The van der Waals surface area contributed by atoms with Crippen LogP contribution in [0.15, 0.2) is 24.3 Å². The third kappa shape index (κ3) is 3.48. The molecule has 0 saturated carbocycles. The molecule has 1 aromatic carbocycles. The predicted molar refractivity (Wildman–Crippen MR) is 81.9 cm³/mol. The van der Waals surface area contributed by atoms with Gasteiger partial charge in [-0.05, 0) is 13.0 Å². The lowest BCUT2D eigenvalue weighted by Gasteiger charge is -2.05. The molecule has 0 fully saturated rings. The van der Waals surface area contributed by atoms with Gasteiger partial charge in [-0.3, -0.25) is 19.6 Å². The molecule has 2 N–H and O–H groups in total. The zero-order chi connectivity index (χ0) is 17.9. The largest absolute Gasteiger partial charge is 0.506 e. The van der Waals surface area contributed by atoms with E-state index in [1.54, 1.807) is 6.92 Å². The second-order valence-corrected chi connectivity index (χ2v) is 4.67. The van der Waals surface area contributed by atoms with Gasteiger partial charge < -0.3 is 15.2 Å². The Morgan fingerprint density at radius 2 is 2.12 bits per heavy atom. The van der Waals surface area contributed by atoms with Crippen LogP contribution >= 0.6 is 0 Å². The lowest BCUT2D eigenvalue weighted by atomic mass is 10.2. The van der Waals surface area contributed by atoms with Crippen molar-refractivity contribution in [3.63, 3.8) is 0 Å². The molecule has 0 spiro atoms. The van der Waals surface area contributed by atoms with E-state index in [-0.39, 0.29) is 29.4 Å². The first-order valence-corrected chi connectivity index (χ1v) is 6.83. The maximum absolute atomic E-state index is 12.1. The number of aryl methyl sites for hydroxylation is 1. The van der Waals surface area contributed by atoms with Gasteiger partial charge in [-0.2, -0.15) is 5.10 Å². The number of rotatable bonds is 5. The van der Waals surface area contributed by atoms with Crippen molar-refractivity contribution in [2.75, 3.05) is 11.9 Å². The molecule has 1 aromatic heterocycles. The zero-order valence-corrected chi connectivity index (χ0v) is 12.8. The molecule has 0 bridgehead atoms. The highest BCUT2D eigenvalue weighted by atomic mass is 16.6. The van der Waals surface area contributed by atoms with Crippen LogP contribution in [0.5, 0.6) is 5.75 Å². The molecule has 2 aromatic rings. The Labute approximate surface area is 135 Å². The van der Waals surface area contributed by atoms with Crippen LogP contribution in [-0.2, 0) is 11.8 Å². The maximum atomic E-state index is 12.1. The Morgan fingerprint density at radius 3 is 2.71 bits per heavy atom. The molecule has 0 radical (unpaired) electrons. The fourth-order valence-corrected chi connectivity index (χ4v) is 1.90. The number of aromatic nitrogens is 2. The smallest absolute Gasteiger partial charge is 0.356 e. The standard InChI is InChI=1S/C14H14N4O6/c1-3-24-14(21)11-7-10(16-17(11)2)13(20)15-9-5-4-8(18(22)23)6-12(9)19/h4-7,19H,3H2,1-2H3,(H,15,20). The molecule has 0 saturated heterocycles. The highest BCUT2D eigenvalue weighted by molar-refractivity contribution is 6.05. The number of phenolic OH excluding ortho intramolecular Hbond substituents is 1. The fourth-order valence-electron chi connectivity index (χ4n) is 1.90. The van der Waals surface area contributed by atoms with E-state index in [1.165, 1.54) is 23.9 Å². The van der Waals surface area contributed by atoms with Crippen LogP contribution in [0.2, 0.25) is 0 Å². The lowest BCUT2D eigenvalue weighted by Crippen LogP contribution is -2.13. The number of non-ortho nitro benzene ring substituents is 1. The number of anilines is 1. The minimum atomic E-state index is -0.690. The maximum Gasteiger partial charge on any atom is 0.356 e. The van der Waals surface area contributed by atoms with E-state index in [2.05, 4.69) is 10.4 Å². The number of ether oxygens (including phenoxy) is 1. The Morgan fingerprint density at radius 1 is 1.42 bits per heavy atom. The Kier molecular flexibility index (Phi) is 4.78. The summed E-state index contributed by atoms with van der Waals surface area (Å²) in [5.74, 6) is -1.77. The third-order valence-corrected chi connectivity index (χ3v) is 3.04. The highest BCUT2D eigenvalue weighted by Crippen LogP contribution is 2.28. The number of nitrogens with one attached hydrogen (secondary N) is 1. The SMILES string of the molecule is CCOC(=O)c1cc(C(=O)Nc2ccc([N+](=O)[O-])cc2O)nn1C. The molecule has 0 aliphatic rings. The normalized spacial score (nSPS) is 10.2. The monoisotopic (exact) mass is 334 g/mol. The zero-order valence-electron chi connectivity index (χ0n) is 12.8. The van der Waals surface area contributed by atoms with Crippen molar-refractivity contribution in [3.8, 4) is 5.75 Å². The number of phenols is 1. The van der Waals surface area contributed by atoms with E-state index in [1.807, 2.05) is 0 Å². The molecule has 2 rings (SSSR count). The summed E-state index contributed by atoms with van der Waals surface area (Å²) in [4.78, 5) is 33.8. The van der Waals surface area contributed by atoms with Gasteiger partial charge in [0.1, 0.15) is 11.4 Å². The van der Waals surface area contributed by atoms with E-state index in [4.69, 9.17) is 4.74 Å². The van der Waals surface area contributed by atoms with Crippen molar-refractivity contribution in [2.24, 2.45) is 7.05 Å². The summed E-state index contributed by atoms with van der Waals surface area (Å²) in [6.45, 7) is 1.83. The number of carbonyl (C=O) groups excluding carboxylic acids is 2. The van der Waals surface area contributed by atoms with Gasteiger partial charge in [0.25, 0.3) is 11.6 Å². The van der Waals surface area contributed by atoms with Crippen molar-refractivity contribution < 1.29 is 24.4 Å². The van der Waals surface area contributed by atoms with E-state index < -0.39 is 22.5 Å². The number of amides is 1. The average molecular weight is 334 g/mol. The Hall–Kier alpha value is -3.43. The Bertz CT molecular complexity index is 814. The predicted octanol–water partition coefficient (Wildman–Crippen LogP) is 1.46. The number of carbonyl (C=O) groups is 2. The third-order valence-electron chi connectivity index (χ3n) is 3.04. The summed E-state index contributed by atoms with van der Waals surface area (Å²) >= 11 is 0. The molecular formula is C14H14N4O6. The van der Waals surface area contributed by atoms with Gasteiger partial charge in [0.2, 0.25) is 0 Å². The van der Waals surface area contributed by atoms with Gasteiger partial charge in [-0.15, -0.1) is 0 Å². The van der Waals surface area contributed by atoms with Gasteiger partial charge in [-0.1, -0.05) is 0 Å². The topological polar surface area (TPSA) is 137 Å². The van der Waals surface area contributed by atoms with Crippen LogP contribution in [0.4, 0.5) is 11.4 Å². The second kappa shape index (κ2) is 6.77.